The Bertz CT molecular complexity index is 1610. The number of aryl methyl sites for hydroxylation is 1. The number of ether oxygens (including phenoxy) is 2. The Labute approximate surface area is 276 Å². The van der Waals surface area contributed by atoms with E-state index in [0.717, 1.165) is 40.9 Å². The second kappa shape index (κ2) is 17.6. The second-order valence-electron chi connectivity index (χ2n) is 10.7. The standard InChI is InChI=1S/C31H37ClN8O7/c1-3-4-12-27-34-29(32)26(20-46-31(42)33-18-28(41)45-17-8-7-9-21(2)47-40(43)44)39(27)19-22-13-15-23(16-14-22)24-10-5-6-11-25(24)30-35-37-38-36-30/h5-6,10-11,13-16,21H,3-4,7-9,12,17-20H2,1-2H3,(H,33,42)(H,35,36,37,38). The SMILES string of the molecule is CCCCc1nc(Cl)c(COC(=O)NCC(=O)OCCCCC(C)O[N+](=O)[O-])n1Cc1ccc(-c2ccccc2-c2nn[nH]n2)cc1. The molecule has 47 heavy (non-hydrogen) atoms. The van der Waals surface area contributed by atoms with Gasteiger partial charge in [0.2, 0.25) is 5.82 Å². The van der Waals surface area contributed by atoms with E-state index in [9.17, 15) is 19.7 Å². The van der Waals surface area contributed by atoms with Crippen LogP contribution in [0.2, 0.25) is 5.15 Å². The van der Waals surface area contributed by atoms with E-state index in [0.29, 0.717) is 43.7 Å². The number of hydrogen-bond acceptors (Lipinski definition) is 11. The van der Waals surface area contributed by atoms with Crippen molar-refractivity contribution in [2.75, 3.05) is 13.2 Å². The van der Waals surface area contributed by atoms with E-state index in [2.05, 4.69) is 42.7 Å². The van der Waals surface area contributed by atoms with Crippen LogP contribution in [0.1, 0.15) is 63.0 Å². The van der Waals surface area contributed by atoms with E-state index in [-0.39, 0.29) is 24.9 Å². The maximum atomic E-state index is 12.4. The van der Waals surface area contributed by atoms with Gasteiger partial charge >= 0.3 is 12.1 Å². The molecule has 2 aromatic heterocycles. The van der Waals surface area contributed by atoms with E-state index < -0.39 is 23.3 Å². The summed E-state index contributed by atoms with van der Waals surface area (Å²) in [6.07, 6.45) is 2.76. The van der Waals surface area contributed by atoms with Gasteiger partial charge in [-0.1, -0.05) is 73.5 Å². The molecule has 4 aromatic rings. The first-order valence-electron chi connectivity index (χ1n) is 15.3. The number of nitrogens with zero attached hydrogens (tertiary/aromatic N) is 6. The number of amides is 1. The van der Waals surface area contributed by atoms with E-state index in [1.807, 2.05) is 53.1 Å². The number of nitrogens with one attached hydrogen (secondary N) is 2. The van der Waals surface area contributed by atoms with Crippen LogP contribution in [0.3, 0.4) is 0 Å². The van der Waals surface area contributed by atoms with Crippen molar-refractivity contribution in [2.24, 2.45) is 0 Å². The third-order valence-electron chi connectivity index (χ3n) is 7.23. The molecular weight excluding hydrogens is 632 g/mol. The van der Waals surface area contributed by atoms with Crippen LogP contribution in [0.5, 0.6) is 0 Å². The highest BCUT2D eigenvalue weighted by atomic mass is 35.5. The summed E-state index contributed by atoms with van der Waals surface area (Å²) < 4.78 is 12.4. The highest BCUT2D eigenvalue weighted by molar-refractivity contribution is 6.30. The van der Waals surface area contributed by atoms with E-state index in [1.165, 1.54) is 0 Å². The molecule has 0 saturated carbocycles. The number of aromatic nitrogens is 6. The zero-order valence-corrected chi connectivity index (χ0v) is 26.9. The summed E-state index contributed by atoms with van der Waals surface area (Å²) in [5, 5.41) is 26.5. The summed E-state index contributed by atoms with van der Waals surface area (Å²) in [7, 11) is 0. The normalized spacial score (nSPS) is 11.6. The van der Waals surface area contributed by atoms with Crippen LogP contribution in [-0.2, 0) is 38.7 Å². The zero-order valence-electron chi connectivity index (χ0n) is 26.2. The summed E-state index contributed by atoms with van der Waals surface area (Å²) in [4.78, 5) is 43.7. The number of rotatable bonds is 18. The highest BCUT2D eigenvalue weighted by Crippen LogP contribution is 2.30. The molecule has 1 amide bonds. The van der Waals surface area contributed by atoms with Crippen LogP contribution in [-0.4, -0.2) is 66.6 Å². The van der Waals surface area contributed by atoms with E-state index >= 15 is 0 Å². The van der Waals surface area contributed by atoms with Crippen LogP contribution in [0, 0.1) is 10.1 Å². The van der Waals surface area contributed by atoms with Gasteiger partial charge in [0.25, 0.3) is 5.09 Å². The number of carbonyl (C=O) groups is 2. The fourth-order valence-electron chi connectivity index (χ4n) is 4.83. The molecule has 0 spiro atoms. The third-order valence-corrected chi connectivity index (χ3v) is 7.53. The molecule has 1 unspecified atom stereocenters. The Hall–Kier alpha value is -5.05. The van der Waals surface area contributed by atoms with Crippen LogP contribution in [0.4, 0.5) is 4.79 Å². The number of halogens is 1. The fraction of sp³-hybridized carbons (Fsp3) is 0.419. The number of tetrazole rings is 1. The predicted molar refractivity (Wildman–Crippen MR) is 171 cm³/mol. The predicted octanol–water partition coefficient (Wildman–Crippen LogP) is 5.31. The monoisotopic (exact) mass is 668 g/mol. The molecule has 0 aliphatic rings. The first-order valence-corrected chi connectivity index (χ1v) is 15.7. The molecule has 0 fully saturated rings. The van der Waals surface area contributed by atoms with Crippen LogP contribution < -0.4 is 5.32 Å². The smallest absolute Gasteiger partial charge is 0.408 e. The molecule has 0 bridgehead atoms. The molecule has 1 atom stereocenters. The average molecular weight is 669 g/mol. The van der Waals surface area contributed by atoms with Gasteiger partial charge in [-0.3, -0.25) is 4.79 Å². The number of carbonyl (C=O) groups excluding carboxylic acids is 2. The van der Waals surface area contributed by atoms with Crippen molar-refractivity contribution in [3.8, 4) is 22.5 Å². The lowest BCUT2D eigenvalue weighted by molar-refractivity contribution is -0.767. The molecule has 250 valence electrons. The van der Waals surface area contributed by atoms with Gasteiger partial charge in [0.1, 0.15) is 25.1 Å². The Morgan fingerprint density at radius 1 is 1.09 bits per heavy atom. The van der Waals surface area contributed by atoms with Crippen molar-refractivity contribution in [3.05, 3.63) is 80.9 Å². The molecule has 0 aliphatic carbocycles. The number of H-pyrrole nitrogens is 1. The number of imidazole rings is 1. The summed E-state index contributed by atoms with van der Waals surface area (Å²) in [6, 6.07) is 15.9. The Morgan fingerprint density at radius 3 is 2.55 bits per heavy atom. The molecular formula is C31H37ClN8O7. The van der Waals surface area contributed by atoms with Crippen LogP contribution in [0.25, 0.3) is 22.5 Å². The Kier molecular flexibility index (Phi) is 13.0. The summed E-state index contributed by atoms with van der Waals surface area (Å²) in [6.45, 7) is 3.72. The molecule has 0 saturated heterocycles. The molecule has 4 rings (SSSR count). The van der Waals surface area contributed by atoms with E-state index in [1.54, 1.807) is 6.92 Å². The molecule has 15 nitrogen and oxygen atoms in total. The number of hydrogen-bond donors (Lipinski definition) is 2. The molecule has 16 heteroatoms. The largest absolute Gasteiger partial charge is 0.464 e. The van der Waals surface area contributed by atoms with Gasteiger partial charge < -0.3 is 24.2 Å². The summed E-state index contributed by atoms with van der Waals surface area (Å²) >= 11 is 6.53. The Morgan fingerprint density at radius 2 is 1.85 bits per heavy atom. The Balaban J connectivity index is 1.33. The van der Waals surface area contributed by atoms with Crippen molar-refractivity contribution >= 4 is 23.7 Å². The lowest BCUT2D eigenvalue weighted by Gasteiger charge is -2.14. The van der Waals surface area contributed by atoms with Gasteiger partial charge in [0, 0.05) is 18.5 Å². The summed E-state index contributed by atoms with van der Waals surface area (Å²) in [5.41, 5.74) is 4.34. The molecule has 0 aliphatic heterocycles. The van der Waals surface area contributed by atoms with Gasteiger partial charge in [0.15, 0.2) is 5.15 Å². The zero-order chi connectivity index (χ0) is 33.6. The van der Waals surface area contributed by atoms with E-state index in [4.69, 9.17) is 21.1 Å². The first-order chi connectivity index (χ1) is 22.7. The van der Waals surface area contributed by atoms with Crippen molar-refractivity contribution in [1.82, 2.24) is 35.5 Å². The van der Waals surface area contributed by atoms with Gasteiger partial charge in [-0.2, -0.15) is 5.21 Å². The van der Waals surface area contributed by atoms with Gasteiger partial charge in [-0.05, 0) is 54.5 Å². The van der Waals surface area contributed by atoms with Crippen molar-refractivity contribution in [2.45, 2.75) is 71.6 Å². The number of aromatic amines is 1. The molecule has 0 radical (unpaired) electrons. The quantitative estimate of drug-likeness (QED) is 0.0605. The number of unbranched alkanes of at least 4 members (excludes halogenated alkanes) is 2. The van der Waals surface area contributed by atoms with Gasteiger partial charge in [0.05, 0.1) is 12.3 Å². The minimum atomic E-state index is -0.830. The lowest BCUT2D eigenvalue weighted by Crippen LogP contribution is -2.31. The van der Waals surface area contributed by atoms with Crippen LogP contribution >= 0.6 is 11.6 Å². The average Bonchev–Trinajstić information content (AvgIpc) is 3.70. The maximum Gasteiger partial charge on any atom is 0.408 e. The molecule has 2 N–H and O–H groups in total. The van der Waals surface area contributed by atoms with Crippen LogP contribution in [0.15, 0.2) is 48.5 Å². The molecule has 2 aromatic carbocycles. The number of benzene rings is 2. The van der Waals surface area contributed by atoms with Gasteiger partial charge in [-0.25, -0.2) is 9.78 Å². The summed E-state index contributed by atoms with van der Waals surface area (Å²) in [5.74, 6) is 0.656. The topological polar surface area (TPSA) is 189 Å². The van der Waals surface area contributed by atoms with Gasteiger partial charge in [-0.15, -0.1) is 20.3 Å². The third kappa shape index (κ3) is 10.5. The minimum absolute atomic E-state index is 0.113. The first kappa shape index (κ1) is 34.8. The second-order valence-corrected chi connectivity index (χ2v) is 11.1. The maximum absolute atomic E-state index is 12.4. The number of esters is 1. The van der Waals surface area contributed by atoms with Crippen molar-refractivity contribution in [1.29, 1.82) is 0 Å². The highest BCUT2D eigenvalue weighted by Gasteiger charge is 2.19. The lowest BCUT2D eigenvalue weighted by atomic mass is 9.98. The molecule has 2 heterocycles. The minimum Gasteiger partial charge on any atom is -0.464 e. The van der Waals surface area contributed by atoms with Crippen molar-refractivity contribution < 1.29 is 29.0 Å². The fourth-order valence-corrected chi connectivity index (χ4v) is 5.09. The number of alkyl carbamates (subject to hydrolysis) is 1. The van der Waals surface area contributed by atoms with Crippen molar-refractivity contribution in [3.63, 3.8) is 0 Å².